The molecule has 100 valence electrons. The molecule has 0 aliphatic rings. The van der Waals surface area contributed by atoms with Crippen molar-refractivity contribution < 1.29 is 9.13 Å². The standard InChI is InChI=1S/C15H13BrClFO/c1-19-11-7-5-10(6-8-11)9-14(17)12-3-2-4-13(16)15(12)18/h2-8,14H,9H2,1H3. The quantitative estimate of drug-likeness (QED) is 0.700. The SMILES string of the molecule is COc1ccc(CC(Cl)c2cccc(Br)c2F)cc1. The van der Waals surface area contributed by atoms with Crippen LogP contribution >= 0.6 is 27.5 Å². The van der Waals surface area contributed by atoms with Crippen molar-refractivity contribution in [3.63, 3.8) is 0 Å². The van der Waals surface area contributed by atoms with Crippen LogP contribution in [-0.2, 0) is 6.42 Å². The molecule has 0 heterocycles. The van der Waals surface area contributed by atoms with Crippen LogP contribution in [0.25, 0.3) is 0 Å². The highest BCUT2D eigenvalue weighted by Gasteiger charge is 2.15. The third-order valence-corrected chi connectivity index (χ3v) is 3.89. The summed E-state index contributed by atoms with van der Waals surface area (Å²) in [6.07, 6.45) is 0.568. The Morgan fingerprint density at radius 1 is 1.21 bits per heavy atom. The number of benzene rings is 2. The average Bonchev–Trinajstić information content (AvgIpc) is 2.42. The maximum absolute atomic E-state index is 13.9. The molecule has 0 aliphatic carbocycles. The second-order valence-electron chi connectivity index (χ2n) is 4.16. The Bertz CT molecular complexity index is 557. The third-order valence-electron chi connectivity index (χ3n) is 2.89. The van der Waals surface area contributed by atoms with E-state index in [0.29, 0.717) is 16.5 Å². The molecule has 2 aromatic rings. The van der Waals surface area contributed by atoms with E-state index in [0.717, 1.165) is 11.3 Å². The first-order chi connectivity index (χ1) is 9.11. The maximum atomic E-state index is 13.9. The summed E-state index contributed by atoms with van der Waals surface area (Å²) < 4.78 is 19.5. The van der Waals surface area contributed by atoms with Crippen molar-refractivity contribution in [2.75, 3.05) is 7.11 Å². The van der Waals surface area contributed by atoms with Gasteiger partial charge in [-0.15, -0.1) is 11.6 Å². The first-order valence-electron chi connectivity index (χ1n) is 5.82. The van der Waals surface area contributed by atoms with Crippen LogP contribution in [-0.4, -0.2) is 7.11 Å². The lowest BCUT2D eigenvalue weighted by Gasteiger charge is -2.12. The molecule has 0 aromatic heterocycles. The summed E-state index contributed by atoms with van der Waals surface area (Å²) in [4.78, 5) is 0. The number of hydrogen-bond donors (Lipinski definition) is 0. The maximum Gasteiger partial charge on any atom is 0.142 e. The van der Waals surface area contributed by atoms with Crippen LogP contribution in [0.1, 0.15) is 16.5 Å². The summed E-state index contributed by atoms with van der Waals surface area (Å²) in [5, 5.41) is -0.397. The summed E-state index contributed by atoms with van der Waals surface area (Å²) in [6, 6.07) is 12.8. The summed E-state index contributed by atoms with van der Waals surface area (Å²) >= 11 is 9.47. The van der Waals surface area contributed by atoms with Crippen LogP contribution in [0.3, 0.4) is 0 Å². The molecule has 2 rings (SSSR count). The highest BCUT2D eigenvalue weighted by atomic mass is 79.9. The van der Waals surface area contributed by atoms with Gasteiger partial charge in [-0.1, -0.05) is 24.3 Å². The Labute approximate surface area is 125 Å². The fraction of sp³-hybridized carbons (Fsp3) is 0.200. The number of alkyl halides is 1. The van der Waals surface area contributed by atoms with Gasteiger partial charge >= 0.3 is 0 Å². The summed E-state index contributed by atoms with van der Waals surface area (Å²) in [5.41, 5.74) is 1.55. The van der Waals surface area contributed by atoms with Gasteiger partial charge in [-0.25, -0.2) is 4.39 Å². The second kappa shape index (κ2) is 6.40. The zero-order valence-electron chi connectivity index (χ0n) is 10.4. The molecule has 1 atom stereocenters. The van der Waals surface area contributed by atoms with Crippen molar-refractivity contribution in [2.24, 2.45) is 0 Å². The largest absolute Gasteiger partial charge is 0.497 e. The van der Waals surface area contributed by atoms with Gasteiger partial charge in [0.05, 0.1) is 17.0 Å². The number of halogens is 3. The normalized spacial score (nSPS) is 12.2. The Hall–Kier alpha value is -1.06. The zero-order valence-corrected chi connectivity index (χ0v) is 12.7. The van der Waals surface area contributed by atoms with Gasteiger partial charge in [0, 0.05) is 5.56 Å². The van der Waals surface area contributed by atoms with E-state index in [1.54, 1.807) is 25.3 Å². The van der Waals surface area contributed by atoms with Crippen LogP contribution in [0.5, 0.6) is 5.75 Å². The van der Waals surface area contributed by atoms with E-state index in [-0.39, 0.29) is 5.82 Å². The Kier molecular flexibility index (Phi) is 4.83. The topological polar surface area (TPSA) is 9.23 Å². The van der Waals surface area contributed by atoms with Crippen molar-refractivity contribution in [3.8, 4) is 5.75 Å². The molecule has 4 heteroatoms. The average molecular weight is 344 g/mol. The van der Waals surface area contributed by atoms with Crippen LogP contribution < -0.4 is 4.74 Å². The Morgan fingerprint density at radius 2 is 1.89 bits per heavy atom. The van der Waals surface area contributed by atoms with Crippen LogP contribution in [0.2, 0.25) is 0 Å². The molecule has 0 N–H and O–H groups in total. The number of rotatable bonds is 4. The van der Waals surface area contributed by atoms with Gasteiger partial charge in [0.1, 0.15) is 11.6 Å². The molecule has 0 saturated carbocycles. The first kappa shape index (κ1) is 14.4. The van der Waals surface area contributed by atoms with Crippen molar-refractivity contribution in [1.29, 1.82) is 0 Å². The van der Waals surface area contributed by atoms with Crippen molar-refractivity contribution >= 4 is 27.5 Å². The highest BCUT2D eigenvalue weighted by molar-refractivity contribution is 9.10. The molecule has 0 bridgehead atoms. The predicted molar refractivity (Wildman–Crippen MR) is 79.4 cm³/mol. The van der Waals surface area contributed by atoms with Gasteiger partial charge in [0.25, 0.3) is 0 Å². The molecule has 0 amide bonds. The molecule has 1 unspecified atom stereocenters. The molecular formula is C15H13BrClFO. The summed E-state index contributed by atoms with van der Waals surface area (Å²) in [7, 11) is 1.62. The van der Waals surface area contributed by atoms with E-state index in [4.69, 9.17) is 16.3 Å². The highest BCUT2D eigenvalue weighted by Crippen LogP contribution is 2.30. The van der Waals surface area contributed by atoms with E-state index in [1.165, 1.54) is 0 Å². The van der Waals surface area contributed by atoms with Crippen LogP contribution in [0.4, 0.5) is 4.39 Å². The van der Waals surface area contributed by atoms with E-state index >= 15 is 0 Å². The number of hydrogen-bond acceptors (Lipinski definition) is 1. The molecule has 0 fully saturated rings. The smallest absolute Gasteiger partial charge is 0.142 e. The first-order valence-corrected chi connectivity index (χ1v) is 7.05. The van der Waals surface area contributed by atoms with Gasteiger partial charge in [-0.05, 0) is 46.1 Å². The molecular weight excluding hydrogens is 331 g/mol. The van der Waals surface area contributed by atoms with Crippen molar-refractivity contribution in [3.05, 3.63) is 63.9 Å². The zero-order chi connectivity index (χ0) is 13.8. The lowest BCUT2D eigenvalue weighted by Crippen LogP contribution is -1.99. The summed E-state index contributed by atoms with van der Waals surface area (Å²) in [5.74, 6) is 0.500. The Balaban J connectivity index is 2.15. The minimum atomic E-state index is -0.397. The molecule has 0 spiro atoms. The van der Waals surface area contributed by atoms with Crippen molar-refractivity contribution in [1.82, 2.24) is 0 Å². The lowest BCUT2D eigenvalue weighted by atomic mass is 10.0. The molecule has 0 saturated heterocycles. The summed E-state index contributed by atoms with van der Waals surface area (Å²) in [6.45, 7) is 0. The van der Waals surface area contributed by atoms with E-state index in [1.807, 2.05) is 24.3 Å². The predicted octanol–water partition coefficient (Wildman–Crippen LogP) is 5.12. The van der Waals surface area contributed by atoms with E-state index in [2.05, 4.69) is 15.9 Å². The molecule has 0 aliphatic heterocycles. The van der Waals surface area contributed by atoms with Crippen LogP contribution in [0.15, 0.2) is 46.9 Å². The minimum absolute atomic E-state index is 0.295. The van der Waals surface area contributed by atoms with E-state index in [9.17, 15) is 4.39 Å². The molecule has 19 heavy (non-hydrogen) atoms. The van der Waals surface area contributed by atoms with Gasteiger partial charge in [-0.3, -0.25) is 0 Å². The van der Waals surface area contributed by atoms with Gasteiger partial charge < -0.3 is 4.74 Å². The number of ether oxygens (including phenoxy) is 1. The fourth-order valence-corrected chi connectivity index (χ4v) is 2.57. The third kappa shape index (κ3) is 3.48. The Morgan fingerprint density at radius 3 is 2.53 bits per heavy atom. The van der Waals surface area contributed by atoms with Gasteiger partial charge in [0.15, 0.2) is 0 Å². The van der Waals surface area contributed by atoms with E-state index < -0.39 is 5.38 Å². The molecule has 1 nitrogen and oxygen atoms in total. The fourth-order valence-electron chi connectivity index (χ4n) is 1.84. The monoisotopic (exact) mass is 342 g/mol. The molecule has 2 aromatic carbocycles. The minimum Gasteiger partial charge on any atom is -0.497 e. The van der Waals surface area contributed by atoms with Crippen molar-refractivity contribution in [2.45, 2.75) is 11.8 Å². The second-order valence-corrected chi connectivity index (χ2v) is 5.54. The van der Waals surface area contributed by atoms with Gasteiger partial charge in [0.2, 0.25) is 0 Å². The van der Waals surface area contributed by atoms with Gasteiger partial charge in [-0.2, -0.15) is 0 Å². The van der Waals surface area contributed by atoms with Crippen LogP contribution in [0, 0.1) is 5.82 Å². The number of methoxy groups -OCH3 is 1. The lowest BCUT2D eigenvalue weighted by molar-refractivity contribution is 0.414. The molecule has 0 radical (unpaired) electrons.